The molecule has 1 heterocycles. The average molecular weight is 475 g/mol. The lowest BCUT2D eigenvalue weighted by Gasteiger charge is -2.48. The largest absolute Gasteiger partial charge is 0.408 e. The summed E-state index contributed by atoms with van der Waals surface area (Å²) in [6.07, 6.45) is -3.93. The molecule has 2 N–H and O–H groups in total. The van der Waals surface area contributed by atoms with Crippen LogP contribution >= 0.6 is 0 Å². The lowest BCUT2D eigenvalue weighted by Crippen LogP contribution is -2.63. The molecule has 0 unspecified atom stereocenters. The van der Waals surface area contributed by atoms with Crippen LogP contribution in [0.3, 0.4) is 0 Å². The fourth-order valence-corrected chi connectivity index (χ4v) is 4.92. The standard InChI is InChI=1S/C26H38O6Si/c1-26(2,3)33(4,5)32-22-21(16-27)31-25(28)24(30-18-20-14-10-7-11-15-20)23(22)29-17-19-12-8-6-9-13-19/h6-15,21-25,27-28H,16-18H2,1-5H3/t21-,22+,23+,24-,25+/m1/s1. The highest BCUT2D eigenvalue weighted by molar-refractivity contribution is 6.74. The lowest BCUT2D eigenvalue weighted by molar-refractivity contribution is -0.304. The maximum atomic E-state index is 10.8. The van der Waals surface area contributed by atoms with Crippen LogP contribution in [-0.4, -0.2) is 55.8 Å². The fraction of sp³-hybridized carbons (Fsp3) is 0.538. The Kier molecular flexibility index (Phi) is 8.86. The van der Waals surface area contributed by atoms with E-state index in [1.807, 2.05) is 60.7 Å². The Hall–Kier alpha value is -1.58. The van der Waals surface area contributed by atoms with E-state index in [2.05, 4.69) is 33.9 Å². The van der Waals surface area contributed by atoms with Gasteiger partial charge >= 0.3 is 0 Å². The molecule has 1 fully saturated rings. The van der Waals surface area contributed by atoms with Crippen LogP contribution in [0.5, 0.6) is 0 Å². The highest BCUT2D eigenvalue weighted by Gasteiger charge is 2.51. The van der Waals surface area contributed by atoms with E-state index >= 15 is 0 Å². The average Bonchev–Trinajstić information content (AvgIpc) is 2.78. The molecule has 0 radical (unpaired) electrons. The van der Waals surface area contributed by atoms with Gasteiger partial charge in [0, 0.05) is 0 Å². The number of benzene rings is 2. The van der Waals surface area contributed by atoms with Crippen LogP contribution in [0.2, 0.25) is 18.1 Å². The first-order valence-corrected chi connectivity index (χ1v) is 14.5. The summed E-state index contributed by atoms with van der Waals surface area (Å²) in [5, 5.41) is 20.8. The normalized spacial score (nSPS) is 26.3. The van der Waals surface area contributed by atoms with Gasteiger partial charge in [-0.25, -0.2) is 0 Å². The fourth-order valence-electron chi connectivity index (χ4n) is 3.60. The van der Waals surface area contributed by atoms with Gasteiger partial charge in [-0.15, -0.1) is 0 Å². The van der Waals surface area contributed by atoms with Crippen molar-refractivity contribution in [2.75, 3.05) is 6.61 Å². The minimum Gasteiger partial charge on any atom is -0.408 e. The summed E-state index contributed by atoms with van der Waals surface area (Å²) in [6, 6.07) is 19.6. The maximum absolute atomic E-state index is 10.8. The van der Waals surface area contributed by atoms with Gasteiger partial charge in [-0.3, -0.25) is 0 Å². The van der Waals surface area contributed by atoms with Crippen LogP contribution in [-0.2, 0) is 31.9 Å². The molecule has 1 saturated heterocycles. The Balaban J connectivity index is 1.87. The van der Waals surface area contributed by atoms with Gasteiger partial charge < -0.3 is 28.8 Å². The van der Waals surface area contributed by atoms with Gasteiger partial charge in [-0.1, -0.05) is 81.4 Å². The van der Waals surface area contributed by atoms with Crippen molar-refractivity contribution in [3.63, 3.8) is 0 Å². The van der Waals surface area contributed by atoms with Gasteiger partial charge in [0.25, 0.3) is 0 Å². The van der Waals surface area contributed by atoms with Crippen molar-refractivity contribution >= 4 is 8.32 Å². The van der Waals surface area contributed by atoms with Crippen LogP contribution < -0.4 is 0 Å². The third kappa shape index (κ3) is 6.73. The first-order chi connectivity index (χ1) is 15.6. The highest BCUT2D eigenvalue weighted by Crippen LogP contribution is 2.40. The molecular weight excluding hydrogens is 436 g/mol. The molecule has 0 bridgehead atoms. The van der Waals surface area contributed by atoms with Crippen LogP contribution in [0.25, 0.3) is 0 Å². The van der Waals surface area contributed by atoms with Gasteiger partial charge in [0.05, 0.1) is 19.8 Å². The van der Waals surface area contributed by atoms with Gasteiger partial charge in [0.15, 0.2) is 14.6 Å². The van der Waals surface area contributed by atoms with Gasteiger partial charge in [0.1, 0.15) is 24.4 Å². The monoisotopic (exact) mass is 474 g/mol. The third-order valence-electron chi connectivity index (χ3n) is 6.60. The topological polar surface area (TPSA) is 77.4 Å². The molecule has 0 saturated carbocycles. The number of hydrogen-bond acceptors (Lipinski definition) is 6. The van der Waals surface area contributed by atoms with Crippen molar-refractivity contribution in [3.05, 3.63) is 71.8 Å². The number of aliphatic hydroxyl groups is 2. The molecule has 5 atom stereocenters. The van der Waals surface area contributed by atoms with E-state index in [-0.39, 0.29) is 11.6 Å². The van der Waals surface area contributed by atoms with Crippen molar-refractivity contribution < 1.29 is 28.8 Å². The smallest absolute Gasteiger partial charge is 0.192 e. The highest BCUT2D eigenvalue weighted by atomic mass is 28.4. The first kappa shape index (κ1) is 26.0. The van der Waals surface area contributed by atoms with Crippen molar-refractivity contribution in [3.8, 4) is 0 Å². The molecule has 33 heavy (non-hydrogen) atoms. The van der Waals surface area contributed by atoms with Crippen molar-refractivity contribution in [2.24, 2.45) is 0 Å². The minimum atomic E-state index is -2.25. The Labute approximate surface area is 198 Å². The van der Waals surface area contributed by atoms with E-state index in [1.165, 1.54) is 0 Å². The summed E-state index contributed by atoms with van der Waals surface area (Å²) in [4.78, 5) is 0. The first-order valence-electron chi connectivity index (χ1n) is 11.6. The van der Waals surface area contributed by atoms with E-state index in [9.17, 15) is 10.2 Å². The molecular formula is C26H38O6Si. The predicted molar refractivity (Wildman–Crippen MR) is 130 cm³/mol. The third-order valence-corrected chi connectivity index (χ3v) is 11.1. The van der Waals surface area contributed by atoms with E-state index in [1.54, 1.807) is 0 Å². The zero-order valence-corrected chi connectivity index (χ0v) is 21.3. The van der Waals surface area contributed by atoms with E-state index in [0.717, 1.165) is 11.1 Å². The predicted octanol–water partition coefficient (Wildman–Crippen LogP) is 4.26. The lowest BCUT2D eigenvalue weighted by atomic mass is 9.98. The van der Waals surface area contributed by atoms with Crippen LogP contribution in [0, 0.1) is 0 Å². The number of ether oxygens (including phenoxy) is 3. The molecule has 0 aromatic heterocycles. The number of rotatable bonds is 9. The van der Waals surface area contributed by atoms with Crippen molar-refractivity contribution in [2.45, 2.75) is 82.8 Å². The van der Waals surface area contributed by atoms with E-state index in [4.69, 9.17) is 18.6 Å². The Bertz CT molecular complexity index is 839. The van der Waals surface area contributed by atoms with Gasteiger partial charge in [-0.2, -0.15) is 0 Å². The van der Waals surface area contributed by atoms with Gasteiger partial charge in [0.2, 0.25) is 0 Å². The second-order valence-corrected chi connectivity index (χ2v) is 14.9. The molecule has 6 nitrogen and oxygen atoms in total. The Morgan fingerprint density at radius 1 is 0.818 bits per heavy atom. The maximum Gasteiger partial charge on any atom is 0.192 e. The Morgan fingerprint density at radius 3 is 1.76 bits per heavy atom. The molecule has 2 aromatic rings. The Morgan fingerprint density at radius 2 is 1.30 bits per heavy atom. The second-order valence-electron chi connectivity index (χ2n) is 10.1. The van der Waals surface area contributed by atoms with Crippen LogP contribution in [0.1, 0.15) is 31.9 Å². The number of hydrogen-bond donors (Lipinski definition) is 2. The zero-order chi connectivity index (χ0) is 24.1. The van der Waals surface area contributed by atoms with Crippen LogP contribution in [0.15, 0.2) is 60.7 Å². The quantitative estimate of drug-likeness (QED) is 0.529. The molecule has 0 aliphatic carbocycles. The molecule has 3 rings (SSSR count). The second kappa shape index (κ2) is 11.2. The molecule has 2 aromatic carbocycles. The summed E-state index contributed by atoms with van der Waals surface area (Å²) in [7, 11) is -2.25. The molecule has 7 heteroatoms. The van der Waals surface area contributed by atoms with E-state index in [0.29, 0.717) is 13.2 Å². The summed E-state index contributed by atoms with van der Waals surface area (Å²) < 4.78 is 25.0. The number of aliphatic hydroxyl groups excluding tert-OH is 2. The van der Waals surface area contributed by atoms with E-state index < -0.39 is 39.0 Å². The summed E-state index contributed by atoms with van der Waals surface area (Å²) in [6.45, 7) is 11.1. The van der Waals surface area contributed by atoms with Crippen molar-refractivity contribution in [1.29, 1.82) is 0 Å². The minimum absolute atomic E-state index is 0.0482. The molecule has 0 amide bonds. The van der Waals surface area contributed by atoms with Crippen molar-refractivity contribution in [1.82, 2.24) is 0 Å². The molecule has 1 aliphatic heterocycles. The summed E-state index contributed by atoms with van der Waals surface area (Å²) >= 11 is 0. The molecule has 0 spiro atoms. The molecule has 1 aliphatic rings. The SMILES string of the molecule is CC(C)(C)[Si](C)(C)O[C@@H]1[C@H](OCc2ccccc2)[C@@H](OCc2ccccc2)[C@@H](O)O[C@@H]1CO. The summed E-state index contributed by atoms with van der Waals surface area (Å²) in [5.41, 5.74) is 1.99. The van der Waals surface area contributed by atoms with Crippen LogP contribution in [0.4, 0.5) is 0 Å². The van der Waals surface area contributed by atoms with Gasteiger partial charge in [-0.05, 0) is 29.3 Å². The molecule has 182 valence electrons. The summed E-state index contributed by atoms with van der Waals surface area (Å²) in [5.74, 6) is 0. The zero-order valence-electron chi connectivity index (χ0n) is 20.3.